The number of methoxy groups -OCH3 is 1. The lowest BCUT2D eigenvalue weighted by Gasteiger charge is -2.33. The number of H-pyrrole nitrogens is 1. The topological polar surface area (TPSA) is 74.4 Å². The van der Waals surface area contributed by atoms with Crippen LogP contribution in [0.1, 0.15) is 49.3 Å². The van der Waals surface area contributed by atoms with Crippen molar-refractivity contribution in [3.05, 3.63) is 95.9 Å². The number of fused-ring (bicyclic) bond motifs is 1. The number of para-hydroxylation sites is 2. The summed E-state index contributed by atoms with van der Waals surface area (Å²) in [6.45, 7) is 0. The third kappa shape index (κ3) is 5.42. The maximum Gasteiger partial charge on any atom is 0.248 e. The van der Waals surface area contributed by atoms with Crippen LogP contribution in [-0.2, 0) is 16.0 Å². The number of nitrogens with one attached hydrogen (secondary N) is 2. The van der Waals surface area contributed by atoms with Gasteiger partial charge in [0.1, 0.15) is 17.6 Å². The normalized spacial score (nSPS) is 14.7. The molecule has 38 heavy (non-hydrogen) atoms. The monoisotopic (exact) mass is 513 g/mol. The summed E-state index contributed by atoms with van der Waals surface area (Å²) in [4.78, 5) is 32.6. The number of nitrogens with zero attached hydrogens (tertiary/aromatic N) is 1. The van der Waals surface area contributed by atoms with E-state index in [4.69, 9.17) is 4.74 Å². The molecule has 0 aliphatic heterocycles. The Morgan fingerprint density at radius 1 is 1.03 bits per heavy atom. The van der Waals surface area contributed by atoms with Crippen LogP contribution in [0.15, 0.2) is 79.0 Å². The highest BCUT2D eigenvalue weighted by Gasteiger charge is 2.35. The first-order chi connectivity index (χ1) is 18.5. The number of aromatic amines is 1. The van der Waals surface area contributed by atoms with E-state index in [0.717, 1.165) is 48.6 Å². The number of aromatic nitrogens is 1. The van der Waals surface area contributed by atoms with E-state index < -0.39 is 11.9 Å². The van der Waals surface area contributed by atoms with Crippen LogP contribution in [0.3, 0.4) is 0 Å². The molecule has 0 saturated heterocycles. The molecule has 5 rings (SSSR count). The van der Waals surface area contributed by atoms with Gasteiger partial charge in [-0.2, -0.15) is 0 Å². The van der Waals surface area contributed by atoms with Crippen molar-refractivity contribution in [2.24, 2.45) is 0 Å². The number of ether oxygens (including phenoxy) is 1. The molecule has 3 aromatic carbocycles. The second kappa shape index (κ2) is 11.5. The van der Waals surface area contributed by atoms with Crippen LogP contribution < -0.4 is 15.0 Å². The van der Waals surface area contributed by atoms with Gasteiger partial charge < -0.3 is 15.0 Å². The van der Waals surface area contributed by atoms with Gasteiger partial charge in [-0.25, -0.2) is 4.39 Å². The summed E-state index contributed by atoms with van der Waals surface area (Å²) in [6, 6.07) is 19.8. The zero-order valence-corrected chi connectivity index (χ0v) is 21.5. The third-order valence-corrected chi connectivity index (χ3v) is 7.26. The molecular weight excluding hydrogens is 481 g/mol. The first-order valence-electron chi connectivity index (χ1n) is 13.1. The van der Waals surface area contributed by atoms with E-state index in [0.29, 0.717) is 11.3 Å². The smallest absolute Gasteiger partial charge is 0.248 e. The highest BCUT2D eigenvalue weighted by atomic mass is 19.1. The predicted octanol–water partition coefficient (Wildman–Crippen LogP) is 6.08. The van der Waals surface area contributed by atoms with Gasteiger partial charge in [0, 0.05) is 23.1 Å². The van der Waals surface area contributed by atoms with Crippen molar-refractivity contribution in [2.45, 2.75) is 50.6 Å². The number of amides is 2. The van der Waals surface area contributed by atoms with E-state index >= 15 is 4.39 Å². The molecule has 0 radical (unpaired) electrons. The highest BCUT2D eigenvalue weighted by molar-refractivity contribution is 6.03. The standard InChI is InChI=1S/C31H32FN3O3/c1-38-24-13-9-10-21(18-24)30(31(37)34-23-11-3-2-4-12-23)35(28-17-8-6-15-26(28)32)29(36)19-22-20-33-27-16-7-5-14-25(22)27/h5-10,13-18,20,23,30,33H,2-4,11-12,19H2,1H3,(H,34,37)/t30-/m1/s1. The largest absolute Gasteiger partial charge is 0.497 e. The molecule has 1 fully saturated rings. The number of anilines is 1. The minimum atomic E-state index is -1.08. The van der Waals surface area contributed by atoms with Gasteiger partial charge in [0.15, 0.2) is 0 Å². The van der Waals surface area contributed by atoms with Gasteiger partial charge in [-0.3, -0.25) is 14.5 Å². The van der Waals surface area contributed by atoms with Crippen molar-refractivity contribution in [1.82, 2.24) is 10.3 Å². The first kappa shape index (κ1) is 25.5. The molecule has 1 saturated carbocycles. The molecule has 1 aromatic heterocycles. The number of carbonyl (C=O) groups excluding carboxylic acids is 2. The second-order valence-electron chi connectivity index (χ2n) is 9.77. The van der Waals surface area contributed by atoms with Crippen LogP contribution in [0.2, 0.25) is 0 Å². The number of halogens is 1. The van der Waals surface area contributed by atoms with Crippen LogP contribution >= 0.6 is 0 Å². The van der Waals surface area contributed by atoms with E-state index in [1.54, 1.807) is 55.8 Å². The van der Waals surface area contributed by atoms with Crippen molar-refractivity contribution in [1.29, 1.82) is 0 Å². The van der Waals surface area contributed by atoms with Crippen LogP contribution in [0.4, 0.5) is 10.1 Å². The molecular formula is C31H32FN3O3. The minimum Gasteiger partial charge on any atom is -0.497 e. The lowest BCUT2D eigenvalue weighted by molar-refractivity contribution is -0.127. The number of benzene rings is 3. The highest BCUT2D eigenvalue weighted by Crippen LogP contribution is 2.33. The average Bonchev–Trinajstić information content (AvgIpc) is 3.35. The Morgan fingerprint density at radius 2 is 1.79 bits per heavy atom. The van der Waals surface area contributed by atoms with Crippen LogP contribution in [0.5, 0.6) is 5.75 Å². The maximum absolute atomic E-state index is 15.3. The van der Waals surface area contributed by atoms with E-state index in [-0.39, 0.29) is 30.0 Å². The molecule has 4 aromatic rings. The summed E-state index contributed by atoms with van der Waals surface area (Å²) < 4.78 is 20.7. The summed E-state index contributed by atoms with van der Waals surface area (Å²) >= 11 is 0. The van der Waals surface area contributed by atoms with Gasteiger partial charge in [0.2, 0.25) is 11.8 Å². The summed E-state index contributed by atoms with van der Waals surface area (Å²) in [5.41, 5.74) is 2.30. The zero-order valence-electron chi connectivity index (χ0n) is 21.5. The molecule has 1 aliphatic rings. The number of rotatable bonds is 8. The summed E-state index contributed by atoms with van der Waals surface area (Å²) in [5, 5.41) is 4.08. The minimum absolute atomic E-state index is 0.00444. The molecule has 0 bridgehead atoms. The fourth-order valence-corrected chi connectivity index (χ4v) is 5.35. The van der Waals surface area contributed by atoms with E-state index in [1.807, 2.05) is 24.3 Å². The van der Waals surface area contributed by atoms with Crippen LogP contribution in [0, 0.1) is 5.82 Å². The Labute approximate surface area is 221 Å². The van der Waals surface area contributed by atoms with Gasteiger partial charge in [-0.15, -0.1) is 0 Å². The van der Waals surface area contributed by atoms with Gasteiger partial charge >= 0.3 is 0 Å². The fraction of sp³-hybridized carbons (Fsp3) is 0.290. The van der Waals surface area contributed by atoms with E-state index in [9.17, 15) is 9.59 Å². The van der Waals surface area contributed by atoms with Gasteiger partial charge in [0.05, 0.1) is 19.2 Å². The summed E-state index contributed by atoms with van der Waals surface area (Å²) in [6.07, 6.45) is 6.81. The molecule has 0 spiro atoms. The summed E-state index contributed by atoms with van der Waals surface area (Å²) in [7, 11) is 1.55. The zero-order chi connectivity index (χ0) is 26.5. The Kier molecular flexibility index (Phi) is 7.73. The molecule has 2 N–H and O–H groups in total. The van der Waals surface area contributed by atoms with Crippen molar-refractivity contribution in [2.75, 3.05) is 12.0 Å². The molecule has 6 nitrogen and oxygen atoms in total. The Hall–Kier alpha value is -4.13. The van der Waals surface area contributed by atoms with E-state index in [2.05, 4.69) is 10.3 Å². The van der Waals surface area contributed by atoms with Crippen molar-refractivity contribution >= 4 is 28.4 Å². The Morgan fingerprint density at radius 3 is 2.58 bits per heavy atom. The van der Waals surface area contributed by atoms with Crippen LogP contribution in [-0.4, -0.2) is 29.9 Å². The average molecular weight is 514 g/mol. The number of hydrogen-bond acceptors (Lipinski definition) is 3. The quantitative estimate of drug-likeness (QED) is 0.300. The molecule has 196 valence electrons. The molecule has 1 aliphatic carbocycles. The third-order valence-electron chi connectivity index (χ3n) is 7.26. The van der Waals surface area contributed by atoms with Crippen molar-refractivity contribution in [3.8, 4) is 5.75 Å². The molecule has 1 atom stereocenters. The molecule has 2 amide bonds. The van der Waals surface area contributed by atoms with Gasteiger partial charge in [-0.05, 0) is 54.3 Å². The summed E-state index contributed by atoms with van der Waals surface area (Å²) in [5.74, 6) is -0.735. The maximum atomic E-state index is 15.3. The molecule has 7 heteroatoms. The molecule has 0 unspecified atom stereocenters. The first-order valence-corrected chi connectivity index (χ1v) is 13.1. The van der Waals surface area contributed by atoms with Gasteiger partial charge in [-0.1, -0.05) is 61.7 Å². The second-order valence-corrected chi connectivity index (χ2v) is 9.77. The fourth-order valence-electron chi connectivity index (χ4n) is 5.35. The Balaban J connectivity index is 1.58. The predicted molar refractivity (Wildman–Crippen MR) is 147 cm³/mol. The van der Waals surface area contributed by atoms with Crippen molar-refractivity contribution < 1.29 is 18.7 Å². The lowest BCUT2D eigenvalue weighted by Crippen LogP contribution is -2.48. The number of hydrogen-bond donors (Lipinski definition) is 2. The van der Waals surface area contributed by atoms with Crippen molar-refractivity contribution in [3.63, 3.8) is 0 Å². The van der Waals surface area contributed by atoms with E-state index in [1.165, 1.54) is 11.0 Å². The van der Waals surface area contributed by atoms with Crippen LogP contribution in [0.25, 0.3) is 10.9 Å². The lowest BCUT2D eigenvalue weighted by atomic mass is 9.94. The number of carbonyl (C=O) groups is 2. The SMILES string of the molecule is COc1cccc([C@H](C(=O)NC2CCCCC2)N(C(=O)Cc2c[nH]c3ccccc23)c2ccccc2F)c1. The molecule has 1 heterocycles. The Bertz CT molecular complexity index is 1430. The van der Waals surface area contributed by atoms with Gasteiger partial charge in [0.25, 0.3) is 0 Å².